The Hall–Kier alpha value is -3.38. The first-order valence-electron chi connectivity index (χ1n) is 15.5. The molecular weight excluding hydrogens is 538 g/mol. The van der Waals surface area contributed by atoms with Gasteiger partial charge in [0.2, 0.25) is 0 Å². The number of nitrogens with zero attached hydrogens (tertiary/aromatic N) is 1. The van der Waals surface area contributed by atoms with E-state index in [0.29, 0.717) is 37.6 Å². The highest BCUT2D eigenvalue weighted by Gasteiger charge is 2.49. The second-order valence-corrected chi connectivity index (χ2v) is 14.2. The number of Topliss-reactive ketones (excluding diaryl/α,β-unsaturated/α-hetero) is 2. The molecular formula is C37H47NO5. The Kier molecular flexibility index (Phi) is 8.63. The maximum absolute atomic E-state index is 14.0. The largest absolute Gasteiger partial charge is 0.493 e. The Morgan fingerprint density at radius 1 is 0.791 bits per heavy atom. The SMILES string of the molecule is COCCCN1C2=C(C(=O)CC(C)(C)C2)C(c2ccc(OCc3cc(C)cc(C)c3)c(OC)c2)C2=C1CC(C)(C)CC2=O. The zero-order valence-electron chi connectivity index (χ0n) is 27.2. The standard InChI is InChI=1S/C37H47NO5/c1-23-14-24(2)16-25(15-23)22-43-31-11-10-26(17-32(31)42-8)33-34-27(18-36(3,4)20-29(34)39)38(12-9-13-41-7)28-19-37(5,6)21-30(40)35(28)33/h10-11,14-17,33H,9,12-13,18-22H2,1-8H3. The van der Waals surface area contributed by atoms with Crippen LogP contribution < -0.4 is 9.47 Å². The molecule has 1 heterocycles. The predicted molar refractivity (Wildman–Crippen MR) is 169 cm³/mol. The van der Waals surface area contributed by atoms with Crippen molar-refractivity contribution < 1.29 is 23.8 Å². The van der Waals surface area contributed by atoms with Crippen LogP contribution in [0.3, 0.4) is 0 Å². The second-order valence-electron chi connectivity index (χ2n) is 14.2. The molecule has 0 saturated carbocycles. The number of aryl methyl sites for hydroxylation is 2. The van der Waals surface area contributed by atoms with Crippen LogP contribution in [0.25, 0.3) is 0 Å². The number of methoxy groups -OCH3 is 2. The molecule has 2 aromatic rings. The summed E-state index contributed by atoms with van der Waals surface area (Å²) in [5.74, 6) is 1.08. The fraction of sp³-hybridized carbons (Fsp3) is 0.514. The number of allylic oxidation sites excluding steroid dienone is 4. The monoisotopic (exact) mass is 585 g/mol. The number of carbonyl (C=O) groups is 2. The Bertz CT molecular complexity index is 1420. The molecule has 43 heavy (non-hydrogen) atoms. The summed E-state index contributed by atoms with van der Waals surface area (Å²) in [6.45, 7) is 14.6. The fourth-order valence-corrected chi connectivity index (χ4v) is 7.31. The maximum Gasteiger partial charge on any atom is 0.162 e. The number of hydrogen-bond acceptors (Lipinski definition) is 6. The molecule has 3 aliphatic rings. The Morgan fingerprint density at radius 2 is 1.37 bits per heavy atom. The third-order valence-electron chi connectivity index (χ3n) is 8.95. The van der Waals surface area contributed by atoms with Crippen molar-refractivity contribution >= 4 is 11.6 Å². The topological polar surface area (TPSA) is 65.1 Å². The van der Waals surface area contributed by atoms with Gasteiger partial charge in [-0.15, -0.1) is 0 Å². The van der Waals surface area contributed by atoms with Crippen LogP contribution in [0.15, 0.2) is 58.9 Å². The summed E-state index contributed by atoms with van der Waals surface area (Å²) in [5.41, 5.74) is 7.76. The van der Waals surface area contributed by atoms with E-state index >= 15 is 0 Å². The molecule has 0 saturated heterocycles. The van der Waals surface area contributed by atoms with Crippen LogP contribution in [-0.2, 0) is 20.9 Å². The molecule has 0 N–H and O–H groups in total. The molecule has 230 valence electrons. The van der Waals surface area contributed by atoms with E-state index in [4.69, 9.17) is 14.2 Å². The summed E-state index contributed by atoms with van der Waals surface area (Å²) in [4.78, 5) is 30.4. The Morgan fingerprint density at radius 3 is 1.91 bits per heavy atom. The molecule has 0 bridgehead atoms. The summed E-state index contributed by atoms with van der Waals surface area (Å²) >= 11 is 0. The van der Waals surface area contributed by atoms with E-state index in [9.17, 15) is 9.59 Å². The van der Waals surface area contributed by atoms with Crippen LogP contribution in [0.1, 0.15) is 88.0 Å². The molecule has 2 aliphatic carbocycles. The fourth-order valence-electron chi connectivity index (χ4n) is 7.31. The molecule has 0 amide bonds. The molecule has 0 unspecified atom stereocenters. The van der Waals surface area contributed by atoms with E-state index in [1.807, 2.05) is 18.2 Å². The highest BCUT2D eigenvalue weighted by atomic mass is 16.5. The average Bonchev–Trinajstić information content (AvgIpc) is 2.90. The number of ketones is 2. The number of carbonyl (C=O) groups excluding carboxylic acids is 2. The van der Waals surface area contributed by atoms with Gasteiger partial charge in [0, 0.05) is 61.6 Å². The number of benzene rings is 2. The van der Waals surface area contributed by atoms with Gasteiger partial charge >= 0.3 is 0 Å². The molecule has 6 heteroatoms. The van der Waals surface area contributed by atoms with E-state index in [1.54, 1.807) is 14.2 Å². The van der Waals surface area contributed by atoms with Crippen LogP contribution in [0, 0.1) is 24.7 Å². The summed E-state index contributed by atoms with van der Waals surface area (Å²) < 4.78 is 17.5. The van der Waals surface area contributed by atoms with Gasteiger partial charge in [0.1, 0.15) is 6.61 Å². The Labute approximate surface area is 257 Å². The first-order chi connectivity index (χ1) is 20.3. The molecule has 0 aromatic heterocycles. The van der Waals surface area contributed by atoms with Gasteiger partial charge in [-0.05, 0) is 67.2 Å². The van der Waals surface area contributed by atoms with Gasteiger partial charge < -0.3 is 19.1 Å². The highest BCUT2D eigenvalue weighted by Crippen LogP contribution is 2.55. The van der Waals surface area contributed by atoms with Crippen LogP contribution in [0.5, 0.6) is 11.5 Å². The minimum atomic E-state index is -0.418. The van der Waals surface area contributed by atoms with Crippen LogP contribution in [-0.4, -0.2) is 43.8 Å². The number of hydrogen-bond donors (Lipinski definition) is 0. The number of ether oxygens (including phenoxy) is 3. The lowest BCUT2D eigenvalue weighted by atomic mass is 9.63. The third kappa shape index (κ3) is 6.45. The third-order valence-corrected chi connectivity index (χ3v) is 8.95. The van der Waals surface area contributed by atoms with E-state index in [1.165, 1.54) is 11.1 Å². The lowest BCUT2D eigenvalue weighted by molar-refractivity contribution is -0.119. The predicted octanol–water partition coefficient (Wildman–Crippen LogP) is 7.61. The van der Waals surface area contributed by atoms with Crippen LogP contribution in [0.4, 0.5) is 0 Å². The van der Waals surface area contributed by atoms with Crippen molar-refractivity contribution in [1.82, 2.24) is 4.90 Å². The normalized spacial score (nSPS) is 19.9. The van der Waals surface area contributed by atoms with Gasteiger partial charge in [0.05, 0.1) is 7.11 Å². The van der Waals surface area contributed by atoms with Gasteiger partial charge in [-0.1, -0.05) is 63.1 Å². The van der Waals surface area contributed by atoms with Crippen molar-refractivity contribution in [2.75, 3.05) is 27.4 Å². The minimum Gasteiger partial charge on any atom is -0.493 e. The molecule has 0 atom stereocenters. The minimum absolute atomic E-state index is 0.131. The molecule has 6 nitrogen and oxygen atoms in total. The van der Waals surface area contributed by atoms with Gasteiger partial charge in [-0.3, -0.25) is 9.59 Å². The van der Waals surface area contributed by atoms with Gasteiger partial charge in [-0.2, -0.15) is 0 Å². The first kappa shape index (κ1) is 31.1. The summed E-state index contributed by atoms with van der Waals surface area (Å²) in [7, 11) is 3.35. The van der Waals surface area contributed by atoms with E-state index < -0.39 is 5.92 Å². The maximum atomic E-state index is 14.0. The van der Waals surface area contributed by atoms with E-state index in [2.05, 4.69) is 64.6 Å². The zero-order chi connectivity index (χ0) is 31.1. The summed E-state index contributed by atoms with van der Waals surface area (Å²) in [5, 5.41) is 0. The van der Waals surface area contributed by atoms with E-state index in [0.717, 1.165) is 59.5 Å². The highest BCUT2D eigenvalue weighted by molar-refractivity contribution is 6.06. The van der Waals surface area contributed by atoms with E-state index in [-0.39, 0.29) is 22.4 Å². The lowest BCUT2D eigenvalue weighted by Crippen LogP contribution is -2.44. The van der Waals surface area contributed by atoms with Crippen molar-refractivity contribution in [2.45, 2.75) is 86.2 Å². The van der Waals surface area contributed by atoms with Crippen molar-refractivity contribution in [3.05, 3.63) is 81.2 Å². The van der Waals surface area contributed by atoms with Gasteiger partial charge in [0.15, 0.2) is 23.1 Å². The smallest absolute Gasteiger partial charge is 0.162 e. The van der Waals surface area contributed by atoms with Gasteiger partial charge in [-0.25, -0.2) is 0 Å². The molecule has 0 spiro atoms. The molecule has 0 radical (unpaired) electrons. The number of rotatable bonds is 9. The average molecular weight is 586 g/mol. The Balaban J connectivity index is 1.60. The van der Waals surface area contributed by atoms with Crippen LogP contribution in [0.2, 0.25) is 0 Å². The second kappa shape index (κ2) is 12.0. The zero-order valence-corrected chi connectivity index (χ0v) is 27.2. The quantitative estimate of drug-likeness (QED) is 0.282. The van der Waals surface area contributed by atoms with Crippen LogP contribution >= 0.6 is 0 Å². The molecule has 0 fully saturated rings. The molecule has 1 aliphatic heterocycles. The summed E-state index contributed by atoms with van der Waals surface area (Å²) in [6.07, 6.45) is 3.32. The molecule has 2 aromatic carbocycles. The summed E-state index contributed by atoms with van der Waals surface area (Å²) in [6, 6.07) is 12.3. The van der Waals surface area contributed by atoms with Crippen molar-refractivity contribution in [3.63, 3.8) is 0 Å². The first-order valence-corrected chi connectivity index (χ1v) is 15.5. The molecule has 5 rings (SSSR count). The van der Waals surface area contributed by atoms with Crippen molar-refractivity contribution in [3.8, 4) is 11.5 Å². The van der Waals surface area contributed by atoms with Crippen molar-refractivity contribution in [2.24, 2.45) is 10.8 Å². The van der Waals surface area contributed by atoms with Gasteiger partial charge in [0.25, 0.3) is 0 Å². The lowest BCUT2D eigenvalue weighted by Gasteiger charge is -2.49. The van der Waals surface area contributed by atoms with Crippen molar-refractivity contribution in [1.29, 1.82) is 0 Å².